The minimum atomic E-state index is -1.06. The van der Waals surface area contributed by atoms with Crippen LogP contribution in [-0.4, -0.2) is 4.57 Å². The van der Waals surface area contributed by atoms with Crippen LogP contribution in [0.3, 0.4) is 0 Å². The van der Waals surface area contributed by atoms with E-state index in [2.05, 4.69) is 0 Å². The molecule has 0 amide bonds. The highest BCUT2D eigenvalue weighted by molar-refractivity contribution is 6.30. The fourth-order valence-corrected chi connectivity index (χ4v) is 2.34. The Morgan fingerprint density at radius 2 is 1.77 bits per heavy atom. The lowest BCUT2D eigenvalue weighted by Crippen LogP contribution is -2.15. The number of halogens is 4. The summed E-state index contributed by atoms with van der Waals surface area (Å²) in [5, 5.41) is -0.0324. The predicted molar refractivity (Wildman–Crippen MR) is 80.5 cm³/mol. The third kappa shape index (κ3) is 3.35. The molecule has 0 N–H and O–H groups in total. The third-order valence-electron chi connectivity index (χ3n) is 3.55. The topological polar surface area (TPSA) is 22.0 Å². The van der Waals surface area contributed by atoms with E-state index in [9.17, 15) is 18.0 Å². The molecule has 6 heteroatoms. The first kappa shape index (κ1) is 16.6. The highest BCUT2D eigenvalue weighted by Gasteiger charge is 2.18. The van der Waals surface area contributed by atoms with Gasteiger partial charge in [-0.25, -0.2) is 13.2 Å². The SMILES string of the molecule is CCC(C)Cn1cc(Cl)c(=O)cc1-c1c(F)cc(F)cc1F. The first-order valence-corrected chi connectivity index (χ1v) is 7.26. The quantitative estimate of drug-likeness (QED) is 0.801. The number of aromatic nitrogens is 1. The molecule has 1 aromatic carbocycles. The van der Waals surface area contributed by atoms with Crippen LogP contribution in [0.25, 0.3) is 11.3 Å². The zero-order valence-corrected chi connectivity index (χ0v) is 12.9. The lowest BCUT2D eigenvalue weighted by Gasteiger charge is -2.18. The maximum atomic E-state index is 14.0. The van der Waals surface area contributed by atoms with Crippen molar-refractivity contribution in [3.05, 3.63) is 57.1 Å². The van der Waals surface area contributed by atoms with Gasteiger partial charge in [-0.05, 0) is 5.92 Å². The predicted octanol–water partition coefficient (Wildman–Crippen LogP) is 4.63. The average molecular weight is 330 g/mol. The van der Waals surface area contributed by atoms with Crippen molar-refractivity contribution < 1.29 is 13.2 Å². The van der Waals surface area contributed by atoms with Gasteiger partial charge in [-0.1, -0.05) is 31.9 Å². The highest BCUT2D eigenvalue weighted by Crippen LogP contribution is 2.27. The van der Waals surface area contributed by atoms with Crippen LogP contribution in [0.15, 0.2) is 29.2 Å². The molecule has 1 atom stereocenters. The van der Waals surface area contributed by atoms with Gasteiger partial charge in [0.25, 0.3) is 0 Å². The maximum absolute atomic E-state index is 14.0. The van der Waals surface area contributed by atoms with Crippen LogP contribution in [0.2, 0.25) is 5.02 Å². The Morgan fingerprint density at radius 1 is 1.18 bits per heavy atom. The molecule has 2 aromatic rings. The molecule has 0 saturated carbocycles. The van der Waals surface area contributed by atoms with Gasteiger partial charge in [-0.2, -0.15) is 0 Å². The van der Waals surface area contributed by atoms with E-state index < -0.39 is 28.4 Å². The van der Waals surface area contributed by atoms with Gasteiger partial charge in [0.15, 0.2) is 0 Å². The number of nitrogens with zero attached hydrogens (tertiary/aromatic N) is 1. The molecule has 0 spiro atoms. The number of hydrogen-bond donors (Lipinski definition) is 0. The lowest BCUT2D eigenvalue weighted by atomic mass is 10.1. The van der Waals surface area contributed by atoms with Crippen molar-refractivity contribution in [1.82, 2.24) is 4.57 Å². The van der Waals surface area contributed by atoms with Crippen molar-refractivity contribution in [1.29, 1.82) is 0 Å². The van der Waals surface area contributed by atoms with Crippen molar-refractivity contribution in [2.75, 3.05) is 0 Å². The van der Waals surface area contributed by atoms with Crippen molar-refractivity contribution >= 4 is 11.6 Å². The smallest absolute Gasteiger partial charge is 0.200 e. The molecule has 0 saturated heterocycles. The van der Waals surface area contributed by atoms with Gasteiger partial charge >= 0.3 is 0 Å². The third-order valence-corrected chi connectivity index (χ3v) is 3.83. The van der Waals surface area contributed by atoms with Crippen molar-refractivity contribution in [2.45, 2.75) is 26.8 Å². The summed E-state index contributed by atoms with van der Waals surface area (Å²) in [5.74, 6) is -2.92. The number of benzene rings is 1. The van der Waals surface area contributed by atoms with Crippen molar-refractivity contribution in [2.24, 2.45) is 5.92 Å². The first-order chi connectivity index (χ1) is 10.3. The minimum absolute atomic E-state index is 0.0324. The minimum Gasteiger partial charge on any atom is -0.345 e. The molecule has 0 aliphatic rings. The number of hydrogen-bond acceptors (Lipinski definition) is 1. The Bertz CT molecular complexity index is 735. The second-order valence-electron chi connectivity index (χ2n) is 5.28. The summed E-state index contributed by atoms with van der Waals surface area (Å²) in [6.07, 6.45) is 2.20. The van der Waals surface area contributed by atoms with Crippen LogP contribution in [0.4, 0.5) is 13.2 Å². The molecule has 2 nitrogen and oxygen atoms in total. The Morgan fingerprint density at radius 3 is 2.32 bits per heavy atom. The average Bonchev–Trinajstić information content (AvgIpc) is 2.42. The van der Waals surface area contributed by atoms with Crippen molar-refractivity contribution in [3.8, 4) is 11.3 Å². The van der Waals surface area contributed by atoms with Gasteiger partial charge in [-0.15, -0.1) is 0 Å². The summed E-state index contributed by atoms with van der Waals surface area (Å²) >= 11 is 5.82. The summed E-state index contributed by atoms with van der Waals surface area (Å²) in [6, 6.07) is 2.25. The molecule has 0 bridgehead atoms. The van der Waals surface area contributed by atoms with Gasteiger partial charge in [0, 0.05) is 30.9 Å². The van der Waals surface area contributed by atoms with E-state index in [-0.39, 0.29) is 16.6 Å². The molecular formula is C16H15ClF3NO. The molecule has 1 aromatic heterocycles. The van der Waals surface area contributed by atoms with Crippen LogP contribution in [0.5, 0.6) is 0 Å². The molecule has 1 unspecified atom stereocenters. The van der Waals surface area contributed by atoms with E-state index >= 15 is 0 Å². The van der Waals surface area contributed by atoms with Gasteiger partial charge in [0.2, 0.25) is 5.43 Å². The molecule has 0 aliphatic carbocycles. The molecule has 22 heavy (non-hydrogen) atoms. The zero-order valence-electron chi connectivity index (χ0n) is 12.2. The fraction of sp³-hybridized carbons (Fsp3) is 0.312. The molecule has 118 valence electrons. The van der Waals surface area contributed by atoms with Crippen molar-refractivity contribution in [3.63, 3.8) is 0 Å². The Balaban J connectivity index is 2.69. The number of pyridine rings is 1. The first-order valence-electron chi connectivity index (χ1n) is 6.88. The normalized spacial score (nSPS) is 12.5. The monoisotopic (exact) mass is 329 g/mol. The highest BCUT2D eigenvalue weighted by atomic mass is 35.5. The van der Waals surface area contributed by atoms with E-state index in [0.717, 1.165) is 12.5 Å². The van der Waals surface area contributed by atoms with Gasteiger partial charge in [0.1, 0.15) is 22.5 Å². The fourth-order valence-electron chi connectivity index (χ4n) is 2.16. The number of rotatable bonds is 4. The van der Waals surface area contributed by atoms with E-state index in [1.165, 1.54) is 10.8 Å². The summed E-state index contributed by atoms with van der Waals surface area (Å²) in [5.41, 5.74) is -0.927. The Hall–Kier alpha value is -1.75. The van der Waals surface area contributed by atoms with Crippen LogP contribution >= 0.6 is 11.6 Å². The van der Waals surface area contributed by atoms with E-state index in [0.29, 0.717) is 18.7 Å². The van der Waals surface area contributed by atoms with Gasteiger partial charge < -0.3 is 4.57 Å². The van der Waals surface area contributed by atoms with Gasteiger partial charge in [-0.3, -0.25) is 4.79 Å². The lowest BCUT2D eigenvalue weighted by molar-refractivity contribution is 0.467. The largest absolute Gasteiger partial charge is 0.345 e. The van der Waals surface area contributed by atoms with E-state index in [1.807, 2.05) is 13.8 Å². The van der Waals surface area contributed by atoms with E-state index in [1.54, 1.807) is 0 Å². The Labute approximate surface area is 131 Å². The molecule has 0 fully saturated rings. The Kier molecular flexibility index (Phi) is 4.96. The molecule has 1 heterocycles. The molecule has 0 radical (unpaired) electrons. The van der Waals surface area contributed by atoms with Crippen LogP contribution in [0, 0.1) is 23.4 Å². The summed E-state index contributed by atoms with van der Waals surface area (Å²) in [6.45, 7) is 4.38. The van der Waals surface area contributed by atoms with Crippen LogP contribution < -0.4 is 5.43 Å². The molecule has 0 aliphatic heterocycles. The summed E-state index contributed by atoms with van der Waals surface area (Å²) < 4.78 is 42.6. The second kappa shape index (κ2) is 6.57. The van der Waals surface area contributed by atoms with E-state index in [4.69, 9.17) is 11.6 Å². The summed E-state index contributed by atoms with van der Waals surface area (Å²) in [4.78, 5) is 11.7. The zero-order chi connectivity index (χ0) is 16.4. The second-order valence-corrected chi connectivity index (χ2v) is 5.69. The molecule has 2 rings (SSSR count). The summed E-state index contributed by atoms with van der Waals surface area (Å²) in [7, 11) is 0. The molecular weight excluding hydrogens is 315 g/mol. The van der Waals surface area contributed by atoms with Crippen LogP contribution in [0.1, 0.15) is 20.3 Å². The van der Waals surface area contributed by atoms with Crippen LogP contribution in [-0.2, 0) is 6.54 Å². The van der Waals surface area contributed by atoms with Gasteiger partial charge in [0.05, 0.1) is 11.3 Å². The maximum Gasteiger partial charge on any atom is 0.200 e. The standard InChI is InChI=1S/C16H15ClF3NO/c1-3-9(2)7-21-8-11(17)15(22)6-14(21)16-12(19)4-10(18)5-13(16)20/h4-6,8-9H,3,7H2,1-2H3.